The van der Waals surface area contributed by atoms with Crippen molar-refractivity contribution in [3.63, 3.8) is 0 Å². The Morgan fingerprint density at radius 3 is 2.32 bits per heavy atom. The summed E-state index contributed by atoms with van der Waals surface area (Å²) in [7, 11) is 0. The highest BCUT2D eigenvalue weighted by Crippen LogP contribution is 2.22. The van der Waals surface area contributed by atoms with Crippen molar-refractivity contribution in [2.24, 2.45) is 11.0 Å². The highest BCUT2D eigenvalue weighted by molar-refractivity contribution is 5.39. The van der Waals surface area contributed by atoms with Crippen molar-refractivity contribution in [3.8, 4) is 5.75 Å². The van der Waals surface area contributed by atoms with Crippen LogP contribution in [0.25, 0.3) is 0 Å². The van der Waals surface area contributed by atoms with Crippen molar-refractivity contribution in [1.82, 2.24) is 0 Å². The van der Waals surface area contributed by atoms with E-state index < -0.39 is 0 Å². The molecule has 4 heteroatoms. The lowest BCUT2D eigenvalue weighted by atomic mass is 10.1. The van der Waals surface area contributed by atoms with E-state index in [1.807, 2.05) is 36.4 Å². The molecule has 0 bridgehead atoms. The molecule has 0 N–H and O–H groups in total. The molecule has 134 valence electrons. The lowest BCUT2D eigenvalue weighted by molar-refractivity contribution is -0.435. The first kappa shape index (κ1) is 19.0. The third-order valence-corrected chi connectivity index (χ3v) is 4.25. The van der Waals surface area contributed by atoms with Gasteiger partial charge in [-0.3, -0.25) is 0 Å². The van der Waals surface area contributed by atoms with Crippen molar-refractivity contribution in [2.45, 2.75) is 46.5 Å². The third kappa shape index (κ3) is 6.22. The fourth-order valence-corrected chi connectivity index (χ4v) is 2.30. The summed E-state index contributed by atoms with van der Waals surface area (Å²) in [5.74, 6) is 1.30. The Bertz CT molecular complexity index is 663. The summed E-state index contributed by atoms with van der Waals surface area (Å²) in [6.07, 6.45) is 4.51. The molecule has 4 nitrogen and oxygen atoms in total. The molecule has 0 heterocycles. The van der Waals surface area contributed by atoms with Crippen LogP contribution in [-0.2, 0) is 6.42 Å². The summed E-state index contributed by atoms with van der Waals surface area (Å²) < 4.78 is 5.71. The van der Waals surface area contributed by atoms with Crippen molar-refractivity contribution < 1.29 is 9.60 Å². The molecule has 2 rings (SSSR count). The molecule has 0 unspecified atom stereocenters. The summed E-state index contributed by atoms with van der Waals surface area (Å²) in [5, 5.41) is 16.3. The van der Waals surface area contributed by atoms with E-state index in [0.29, 0.717) is 28.8 Å². The predicted molar refractivity (Wildman–Crippen MR) is 102 cm³/mol. The Kier molecular flexibility index (Phi) is 7.45. The fraction of sp³-hybridized carbons (Fsp3) is 0.429. The SMILES string of the molecule is CCCCc1ccc(N=[N+]([O-])c2ccc(OC[C@@H](C)CC)cc2)cc1. The molecule has 0 aliphatic rings. The first-order chi connectivity index (χ1) is 12.1. The number of hydrogen-bond acceptors (Lipinski definition) is 3. The van der Waals surface area contributed by atoms with Gasteiger partial charge in [0.1, 0.15) is 11.4 Å². The smallest absolute Gasteiger partial charge is 0.245 e. The van der Waals surface area contributed by atoms with Crippen LogP contribution in [0, 0.1) is 11.1 Å². The van der Waals surface area contributed by atoms with Gasteiger partial charge in [0.25, 0.3) is 0 Å². The highest BCUT2D eigenvalue weighted by atomic mass is 16.5. The van der Waals surface area contributed by atoms with Gasteiger partial charge in [0.2, 0.25) is 5.69 Å². The Balaban J connectivity index is 1.99. The topological polar surface area (TPSA) is 47.7 Å². The lowest BCUT2D eigenvalue weighted by Crippen LogP contribution is -2.07. The van der Waals surface area contributed by atoms with Crippen LogP contribution in [0.2, 0.25) is 0 Å². The molecule has 0 fully saturated rings. The van der Waals surface area contributed by atoms with Gasteiger partial charge in [0, 0.05) is 17.2 Å². The first-order valence-electron chi connectivity index (χ1n) is 9.13. The minimum Gasteiger partial charge on any atom is -0.594 e. The van der Waals surface area contributed by atoms with E-state index in [9.17, 15) is 5.21 Å². The average molecular weight is 340 g/mol. The molecule has 0 spiro atoms. The van der Waals surface area contributed by atoms with E-state index in [1.165, 1.54) is 18.4 Å². The lowest BCUT2D eigenvalue weighted by Gasteiger charge is -2.10. The minimum atomic E-state index is 0.492. The zero-order valence-corrected chi connectivity index (χ0v) is 15.4. The highest BCUT2D eigenvalue weighted by Gasteiger charge is 2.06. The number of unbranched alkanes of at least 4 members (excludes halogenated alkanes) is 1. The fourth-order valence-electron chi connectivity index (χ4n) is 2.30. The summed E-state index contributed by atoms with van der Waals surface area (Å²) in [6, 6.07) is 14.9. The number of nitrogens with zero attached hydrogens (tertiary/aromatic N) is 2. The van der Waals surface area contributed by atoms with Gasteiger partial charge in [-0.1, -0.05) is 50.6 Å². The van der Waals surface area contributed by atoms with Crippen LogP contribution in [-0.4, -0.2) is 11.5 Å². The molecule has 0 aliphatic heterocycles. The third-order valence-electron chi connectivity index (χ3n) is 4.25. The maximum atomic E-state index is 12.2. The second kappa shape index (κ2) is 9.82. The van der Waals surface area contributed by atoms with Crippen molar-refractivity contribution in [1.29, 1.82) is 0 Å². The number of aryl methyl sites for hydroxylation is 1. The van der Waals surface area contributed by atoms with Gasteiger partial charge < -0.3 is 9.94 Å². The van der Waals surface area contributed by atoms with Gasteiger partial charge >= 0.3 is 0 Å². The van der Waals surface area contributed by atoms with Crippen LogP contribution in [0.1, 0.15) is 45.6 Å². The Morgan fingerprint density at radius 1 is 1.04 bits per heavy atom. The second-order valence-electron chi connectivity index (χ2n) is 6.46. The Morgan fingerprint density at radius 2 is 1.72 bits per heavy atom. The molecule has 25 heavy (non-hydrogen) atoms. The zero-order valence-electron chi connectivity index (χ0n) is 15.4. The molecule has 2 aromatic carbocycles. The molecule has 0 amide bonds. The molecular formula is C21H28N2O2. The molecule has 0 aliphatic carbocycles. The number of azo groups is 1. The largest absolute Gasteiger partial charge is 0.594 e. The van der Waals surface area contributed by atoms with Crippen LogP contribution < -0.4 is 4.74 Å². The summed E-state index contributed by atoms with van der Waals surface area (Å²) in [4.78, 5) is 0.652. The van der Waals surface area contributed by atoms with E-state index in [4.69, 9.17) is 4.74 Å². The van der Waals surface area contributed by atoms with Crippen LogP contribution in [0.3, 0.4) is 0 Å². The van der Waals surface area contributed by atoms with Gasteiger partial charge in [-0.05, 0) is 48.6 Å². The normalized spacial score (nSPS) is 12.8. The Hall–Kier alpha value is -2.36. The summed E-state index contributed by atoms with van der Waals surface area (Å²) in [6.45, 7) is 7.16. The minimum absolute atomic E-state index is 0.492. The van der Waals surface area contributed by atoms with Gasteiger partial charge in [0.05, 0.1) is 6.61 Å². The number of ether oxygens (including phenoxy) is 1. The monoisotopic (exact) mass is 340 g/mol. The van der Waals surface area contributed by atoms with Crippen molar-refractivity contribution >= 4 is 11.4 Å². The summed E-state index contributed by atoms with van der Waals surface area (Å²) in [5.41, 5.74) is 2.43. The second-order valence-corrected chi connectivity index (χ2v) is 6.46. The van der Waals surface area contributed by atoms with Crippen LogP contribution >= 0.6 is 0 Å². The standard InChI is InChI=1S/C21H28N2O2/c1-4-6-7-18-8-10-19(11-9-18)22-23(24)20-12-14-21(15-13-20)25-16-17(3)5-2/h8-15,17H,4-7,16H2,1-3H3/t17-/m0/s1. The van der Waals surface area contributed by atoms with Crippen molar-refractivity contribution in [3.05, 3.63) is 59.3 Å². The van der Waals surface area contributed by atoms with Gasteiger partial charge in [-0.2, -0.15) is 0 Å². The van der Waals surface area contributed by atoms with Gasteiger partial charge in [-0.25, -0.2) is 0 Å². The van der Waals surface area contributed by atoms with E-state index >= 15 is 0 Å². The zero-order chi connectivity index (χ0) is 18.1. The predicted octanol–water partition coefficient (Wildman–Crippen LogP) is 6.38. The quantitative estimate of drug-likeness (QED) is 0.302. The molecule has 0 radical (unpaired) electrons. The van der Waals surface area contributed by atoms with Crippen LogP contribution in [0.15, 0.2) is 53.6 Å². The molecule has 0 aromatic heterocycles. The van der Waals surface area contributed by atoms with E-state index in [1.54, 1.807) is 12.1 Å². The van der Waals surface area contributed by atoms with E-state index in [2.05, 4.69) is 25.9 Å². The Labute approximate surface area is 150 Å². The maximum Gasteiger partial charge on any atom is 0.245 e. The molecular weight excluding hydrogens is 312 g/mol. The van der Waals surface area contributed by atoms with Crippen LogP contribution in [0.5, 0.6) is 5.75 Å². The summed E-state index contributed by atoms with van der Waals surface area (Å²) >= 11 is 0. The number of benzene rings is 2. The average Bonchev–Trinajstić information content (AvgIpc) is 2.65. The van der Waals surface area contributed by atoms with Crippen molar-refractivity contribution in [2.75, 3.05) is 6.61 Å². The van der Waals surface area contributed by atoms with Gasteiger partial charge in [0.15, 0.2) is 0 Å². The van der Waals surface area contributed by atoms with E-state index in [-0.39, 0.29) is 0 Å². The molecule has 0 saturated heterocycles. The van der Waals surface area contributed by atoms with Crippen LogP contribution in [0.4, 0.5) is 11.4 Å². The van der Waals surface area contributed by atoms with E-state index in [0.717, 1.165) is 18.6 Å². The molecule has 1 atom stereocenters. The number of rotatable bonds is 9. The molecule has 0 saturated carbocycles. The first-order valence-corrected chi connectivity index (χ1v) is 9.13. The number of hydrogen-bond donors (Lipinski definition) is 0. The maximum absolute atomic E-state index is 12.2. The van der Waals surface area contributed by atoms with Gasteiger partial charge in [-0.15, -0.1) is 0 Å². The molecule has 2 aromatic rings.